The van der Waals surface area contributed by atoms with Gasteiger partial charge in [-0.05, 0) is 44.6 Å². The Bertz CT molecular complexity index is 668. The Hall–Kier alpha value is -0.0900. The highest BCUT2D eigenvalue weighted by Crippen LogP contribution is 2.41. The van der Waals surface area contributed by atoms with Crippen LogP contribution in [0.25, 0.3) is 11.0 Å². The monoisotopic (exact) mass is 362 g/mol. The van der Waals surface area contributed by atoms with Crippen LogP contribution in [0.15, 0.2) is 12.1 Å². The van der Waals surface area contributed by atoms with Gasteiger partial charge in [-0.15, -0.1) is 11.6 Å². The number of imidazole rings is 1. The molecule has 1 heterocycles. The third-order valence-corrected chi connectivity index (χ3v) is 6.18. The second-order valence-electron chi connectivity index (χ2n) is 5.54. The molecular weight excluding hydrogens is 347 g/mol. The van der Waals surface area contributed by atoms with Crippen LogP contribution in [-0.4, -0.2) is 21.1 Å². The molecule has 1 aromatic heterocycles. The molecule has 2 aromatic rings. The maximum absolute atomic E-state index is 6.35. The lowest BCUT2D eigenvalue weighted by atomic mass is 10.2. The molecule has 0 radical (unpaired) electrons. The molecule has 21 heavy (non-hydrogen) atoms. The summed E-state index contributed by atoms with van der Waals surface area (Å²) in [6.07, 6.45) is 5.74. The van der Waals surface area contributed by atoms with Gasteiger partial charge in [-0.2, -0.15) is 11.8 Å². The Morgan fingerprint density at radius 1 is 1.29 bits per heavy atom. The molecular formula is C15H17Cl3N2S. The van der Waals surface area contributed by atoms with Crippen molar-refractivity contribution >= 4 is 57.6 Å². The summed E-state index contributed by atoms with van der Waals surface area (Å²) in [6, 6.07) is 4.20. The quantitative estimate of drug-likeness (QED) is 0.613. The van der Waals surface area contributed by atoms with Gasteiger partial charge in [-0.3, -0.25) is 0 Å². The number of nitrogens with zero attached hydrogens (tertiary/aromatic N) is 2. The highest BCUT2D eigenvalue weighted by molar-refractivity contribution is 7.99. The smallest absolute Gasteiger partial charge is 0.127 e. The number of rotatable bonds is 3. The van der Waals surface area contributed by atoms with Crippen LogP contribution in [0.4, 0.5) is 0 Å². The molecule has 3 unspecified atom stereocenters. The summed E-state index contributed by atoms with van der Waals surface area (Å²) in [5.74, 6) is 0.914. The molecule has 0 saturated heterocycles. The lowest BCUT2D eigenvalue weighted by Gasteiger charge is -2.18. The SMILES string of the molecule is CSC1CCC(n2c(C(C)Cl)nc3cc(Cl)c(Cl)cc32)C1. The summed E-state index contributed by atoms with van der Waals surface area (Å²) in [6.45, 7) is 1.96. The average Bonchev–Trinajstić information content (AvgIpc) is 3.03. The number of aromatic nitrogens is 2. The number of hydrogen-bond donors (Lipinski definition) is 0. The third-order valence-electron chi connectivity index (χ3n) is 4.17. The van der Waals surface area contributed by atoms with E-state index in [0.717, 1.165) is 29.7 Å². The minimum Gasteiger partial charge on any atom is -0.324 e. The molecule has 1 saturated carbocycles. The van der Waals surface area contributed by atoms with Crippen LogP contribution >= 0.6 is 46.6 Å². The van der Waals surface area contributed by atoms with E-state index >= 15 is 0 Å². The minimum atomic E-state index is -0.136. The van der Waals surface area contributed by atoms with Crippen molar-refractivity contribution in [3.63, 3.8) is 0 Å². The molecule has 114 valence electrons. The number of benzene rings is 1. The summed E-state index contributed by atoms with van der Waals surface area (Å²) in [5.41, 5.74) is 1.91. The van der Waals surface area contributed by atoms with Gasteiger partial charge >= 0.3 is 0 Å². The maximum atomic E-state index is 6.35. The molecule has 1 aliphatic carbocycles. The van der Waals surface area contributed by atoms with Gasteiger partial charge in [0.2, 0.25) is 0 Å². The van der Waals surface area contributed by atoms with Gasteiger partial charge in [-0.25, -0.2) is 4.98 Å². The van der Waals surface area contributed by atoms with Crippen molar-refractivity contribution in [1.82, 2.24) is 9.55 Å². The second-order valence-corrected chi connectivity index (χ2v) is 8.14. The lowest BCUT2D eigenvalue weighted by molar-refractivity contribution is 0.511. The first kappa shape index (κ1) is 15.8. The van der Waals surface area contributed by atoms with E-state index in [1.165, 1.54) is 6.42 Å². The zero-order valence-electron chi connectivity index (χ0n) is 11.9. The fourth-order valence-corrected chi connectivity index (χ4v) is 4.40. The van der Waals surface area contributed by atoms with Gasteiger partial charge in [-0.1, -0.05) is 23.2 Å². The summed E-state index contributed by atoms with van der Waals surface area (Å²) in [4.78, 5) is 4.69. The summed E-state index contributed by atoms with van der Waals surface area (Å²) in [5, 5.41) is 1.69. The average molecular weight is 364 g/mol. The van der Waals surface area contributed by atoms with Crippen molar-refractivity contribution in [3.05, 3.63) is 28.0 Å². The van der Waals surface area contributed by atoms with E-state index in [1.54, 1.807) is 0 Å². The first-order chi connectivity index (χ1) is 10.0. The minimum absolute atomic E-state index is 0.136. The Morgan fingerprint density at radius 2 is 2.00 bits per heavy atom. The number of alkyl halides is 1. The lowest BCUT2D eigenvalue weighted by Crippen LogP contribution is -2.10. The van der Waals surface area contributed by atoms with E-state index in [0.29, 0.717) is 21.3 Å². The van der Waals surface area contributed by atoms with Crippen molar-refractivity contribution in [2.75, 3.05) is 6.26 Å². The van der Waals surface area contributed by atoms with Crippen LogP contribution in [0, 0.1) is 0 Å². The Morgan fingerprint density at radius 3 is 2.62 bits per heavy atom. The first-order valence-corrected chi connectivity index (χ1v) is 9.53. The zero-order chi connectivity index (χ0) is 15.1. The molecule has 0 spiro atoms. The van der Waals surface area contributed by atoms with E-state index in [9.17, 15) is 0 Å². The summed E-state index contributed by atoms with van der Waals surface area (Å²) in [7, 11) is 0. The number of fused-ring (bicyclic) bond motifs is 1. The highest BCUT2D eigenvalue weighted by atomic mass is 35.5. The van der Waals surface area contributed by atoms with Crippen LogP contribution in [0.3, 0.4) is 0 Å². The van der Waals surface area contributed by atoms with Gasteiger partial charge in [0.05, 0.1) is 26.5 Å². The van der Waals surface area contributed by atoms with E-state index in [4.69, 9.17) is 39.8 Å². The van der Waals surface area contributed by atoms with Gasteiger partial charge in [0, 0.05) is 11.3 Å². The molecule has 1 fully saturated rings. The van der Waals surface area contributed by atoms with Crippen molar-refractivity contribution < 1.29 is 0 Å². The standard InChI is InChI=1S/C15H17Cl3N2S/c1-8(16)15-19-13-6-11(17)12(18)7-14(13)20(15)9-3-4-10(5-9)21-2/h6-10H,3-5H2,1-2H3. The van der Waals surface area contributed by atoms with E-state index in [1.807, 2.05) is 30.8 Å². The summed E-state index contributed by atoms with van der Waals surface area (Å²) < 4.78 is 2.28. The molecule has 3 rings (SSSR count). The molecule has 2 nitrogen and oxygen atoms in total. The van der Waals surface area contributed by atoms with Gasteiger partial charge in [0.1, 0.15) is 5.82 Å². The highest BCUT2D eigenvalue weighted by Gasteiger charge is 2.29. The largest absolute Gasteiger partial charge is 0.324 e. The topological polar surface area (TPSA) is 17.8 Å². The molecule has 1 aliphatic rings. The van der Waals surface area contributed by atoms with Crippen LogP contribution in [0.1, 0.15) is 43.4 Å². The van der Waals surface area contributed by atoms with E-state index in [-0.39, 0.29) is 5.38 Å². The normalized spacial score (nSPS) is 23.9. The molecule has 1 aromatic carbocycles. The Balaban J connectivity index is 2.14. The van der Waals surface area contributed by atoms with Crippen LogP contribution in [0.5, 0.6) is 0 Å². The molecule has 0 N–H and O–H groups in total. The molecule has 3 atom stereocenters. The van der Waals surface area contributed by atoms with Crippen molar-refractivity contribution in [2.24, 2.45) is 0 Å². The summed E-state index contributed by atoms with van der Waals surface area (Å²) >= 11 is 20.6. The van der Waals surface area contributed by atoms with E-state index < -0.39 is 0 Å². The van der Waals surface area contributed by atoms with Gasteiger partial charge in [0.15, 0.2) is 0 Å². The predicted molar refractivity (Wildman–Crippen MR) is 94.2 cm³/mol. The third kappa shape index (κ3) is 2.90. The van der Waals surface area contributed by atoms with Crippen molar-refractivity contribution in [3.8, 4) is 0 Å². The molecule has 6 heteroatoms. The fourth-order valence-electron chi connectivity index (χ4n) is 3.14. The predicted octanol–water partition coefficient (Wildman–Crippen LogP) is 6.10. The maximum Gasteiger partial charge on any atom is 0.127 e. The Labute approximate surface area is 144 Å². The number of hydrogen-bond acceptors (Lipinski definition) is 2. The van der Waals surface area contributed by atoms with Gasteiger partial charge < -0.3 is 4.57 Å². The number of halogens is 3. The number of thioether (sulfide) groups is 1. The van der Waals surface area contributed by atoms with Crippen molar-refractivity contribution in [1.29, 1.82) is 0 Å². The molecule has 0 aliphatic heterocycles. The van der Waals surface area contributed by atoms with Crippen LogP contribution in [-0.2, 0) is 0 Å². The first-order valence-electron chi connectivity index (χ1n) is 7.05. The van der Waals surface area contributed by atoms with E-state index in [2.05, 4.69) is 10.8 Å². The van der Waals surface area contributed by atoms with Crippen molar-refractivity contribution in [2.45, 2.75) is 42.9 Å². The molecule has 0 amide bonds. The second kappa shape index (κ2) is 6.19. The fraction of sp³-hybridized carbons (Fsp3) is 0.533. The Kier molecular flexibility index (Phi) is 4.66. The van der Waals surface area contributed by atoms with Gasteiger partial charge in [0.25, 0.3) is 0 Å². The molecule has 0 bridgehead atoms. The van der Waals surface area contributed by atoms with Crippen LogP contribution in [0.2, 0.25) is 10.0 Å². The zero-order valence-corrected chi connectivity index (χ0v) is 15.0. The van der Waals surface area contributed by atoms with Crippen LogP contribution < -0.4 is 0 Å².